The van der Waals surface area contributed by atoms with Gasteiger partial charge in [0.1, 0.15) is 5.82 Å². The zero-order chi connectivity index (χ0) is 30.0. The molecule has 1 aromatic heterocycles. The fourth-order valence-corrected chi connectivity index (χ4v) is 6.83. The van der Waals surface area contributed by atoms with Gasteiger partial charge in [-0.25, -0.2) is 0 Å². The summed E-state index contributed by atoms with van der Waals surface area (Å²) in [4.78, 5) is 38.7. The number of aromatic nitrogens is 2. The number of anilines is 3. The van der Waals surface area contributed by atoms with Gasteiger partial charge in [0.05, 0.1) is 33.4 Å². The standard InChI is InChI=1S/C28H23Cl2N7O3S2/c1-14(38)33-16-6-8-17(9-7-16)34-23(40)13-41-28-36-35-27(42-28)37-21-3-2-4-22(39)25(21)24(18(12-31)26(37)32)15-5-10-19(29)20(30)11-15/h5-11,24H,2-4,13,32H2,1H3,(H,33,38)(H,34,40). The number of carbonyl (C=O) groups excluding carboxylic acids is 3. The van der Waals surface area contributed by atoms with Gasteiger partial charge in [-0.2, -0.15) is 5.26 Å². The Morgan fingerprint density at radius 2 is 1.83 bits per heavy atom. The van der Waals surface area contributed by atoms with Crippen LogP contribution in [0, 0.1) is 11.3 Å². The number of allylic oxidation sites excluding steroid dienone is 3. The molecule has 0 saturated carbocycles. The van der Waals surface area contributed by atoms with E-state index < -0.39 is 5.92 Å². The summed E-state index contributed by atoms with van der Waals surface area (Å²) in [5.74, 6) is -0.947. The maximum atomic E-state index is 13.3. The van der Waals surface area contributed by atoms with Gasteiger partial charge in [-0.3, -0.25) is 19.3 Å². The molecule has 4 N–H and O–H groups in total. The number of benzene rings is 2. The van der Waals surface area contributed by atoms with Crippen molar-refractivity contribution < 1.29 is 14.4 Å². The first-order chi connectivity index (χ1) is 20.2. The molecule has 0 radical (unpaired) electrons. The third-order valence-electron chi connectivity index (χ3n) is 6.59. The second kappa shape index (κ2) is 12.5. The molecule has 2 amide bonds. The molecule has 214 valence electrons. The summed E-state index contributed by atoms with van der Waals surface area (Å²) in [6.45, 7) is 1.42. The van der Waals surface area contributed by atoms with Crippen molar-refractivity contribution in [3.63, 3.8) is 0 Å². The van der Waals surface area contributed by atoms with Crippen LogP contribution in [-0.4, -0.2) is 33.5 Å². The largest absolute Gasteiger partial charge is 0.384 e. The lowest BCUT2D eigenvalue weighted by Gasteiger charge is -2.38. The summed E-state index contributed by atoms with van der Waals surface area (Å²) in [5.41, 5.74) is 9.81. The third-order valence-corrected chi connectivity index (χ3v) is 9.37. The first-order valence-corrected chi connectivity index (χ1v) is 15.3. The molecule has 42 heavy (non-hydrogen) atoms. The van der Waals surface area contributed by atoms with E-state index in [9.17, 15) is 19.6 Å². The smallest absolute Gasteiger partial charge is 0.234 e. The summed E-state index contributed by atoms with van der Waals surface area (Å²) < 4.78 is 0.517. The molecule has 1 atom stereocenters. The van der Waals surface area contributed by atoms with E-state index in [1.165, 1.54) is 30.0 Å². The normalized spacial score (nSPS) is 16.7. The number of nitrogens with one attached hydrogen (secondary N) is 2. The average molecular weight is 641 g/mol. The van der Waals surface area contributed by atoms with E-state index in [0.29, 0.717) is 67.0 Å². The minimum Gasteiger partial charge on any atom is -0.384 e. The Bertz CT molecular complexity index is 1700. The molecule has 1 unspecified atom stereocenters. The number of rotatable bonds is 7. The number of amides is 2. The van der Waals surface area contributed by atoms with Crippen molar-refractivity contribution >= 4 is 80.4 Å². The first kappa shape index (κ1) is 29.6. The molecule has 2 heterocycles. The Morgan fingerprint density at radius 3 is 2.50 bits per heavy atom. The van der Waals surface area contributed by atoms with Crippen LogP contribution in [0.5, 0.6) is 0 Å². The summed E-state index contributed by atoms with van der Waals surface area (Å²) in [5, 5.41) is 25.2. The van der Waals surface area contributed by atoms with Crippen molar-refractivity contribution in [1.29, 1.82) is 5.26 Å². The zero-order valence-electron chi connectivity index (χ0n) is 22.1. The molecule has 2 aliphatic rings. The van der Waals surface area contributed by atoms with E-state index in [2.05, 4.69) is 26.9 Å². The number of Topliss-reactive ketones (excluding diaryl/α,β-unsaturated/α-hetero) is 1. The van der Waals surface area contributed by atoms with Gasteiger partial charge < -0.3 is 16.4 Å². The molecular formula is C28H23Cl2N7O3S2. The zero-order valence-corrected chi connectivity index (χ0v) is 25.3. The molecule has 1 aliphatic heterocycles. The second-order valence-electron chi connectivity index (χ2n) is 9.44. The molecule has 3 aromatic rings. The van der Waals surface area contributed by atoms with Crippen LogP contribution in [0.1, 0.15) is 37.7 Å². The summed E-state index contributed by atoms with van der Waals surface area (Å²) in [6, 6.07) is 14.0. The van der Waals surface area contributed by atoms with Gasteiger partial charge in [0.2, 0.25) is 16.9 Å². The van der Waals surface area contributed by atoms with Crippen LogP contribution in [0.3, 0.4) is 0 Å². The molecule has 0 spiro atoms. The lowest BCUT2D eigenvalue weighted by atomic mass is 9.76. The number of nitrogens with two attached hydrogens (primary N) is 1. The van der Waals surface area contributed by atoms with Gasteiger partial charge in [-0.1, -0.05) is 52.4 Å². The van der Waals surface area contributed by atoms with Gasteiger partial charge in [-0.05, 0) is 54.8 Å². The number of nitrogens with zero attached hydrogens (tertiary/aromatic N) is 4. The number of nitriles is 1. The maximum Gasteiger partial charge on any atom is 0.234 e. The monoisotopic (exact) mass is 639 g/mol. The van der Waals surface area contributed by atoms with Gasteiger partial charge in [0.15, 0.2) is 10.1 Å². The van der Waals surface area contributed by atoms with Crippen molar-refractivity contribution in [2.75, 3.05) is 21.3 Å². The summed E-state index contributed by atoms with van der Waals surface area (Å²) in [7, 11) is 0. The van der Waals surface area contributed by atoms with Gasteiger partial charge in [0.25, 0.3) is 0 Å². The Morgan fingerprint density at radius 1 is 1.12 bits per heavy atom. The van der Waals surface area contributed by atoms with E-state index in [1.54, 1.807) is 47.4 Å². The lowest BCUT2D eigenvalue weighted by Crippen LogP contribution is -2.38. The van der Waals surface area contributed by atoms with Crippen molar-refractivity contribution in [3.05, 3.63) is 80.7 Å². The van der Waals surface area contributed by atoms with E-state index in [-0.39, 0.29) is 34.7 Å². The van der Waals surface area contributed by atoms with Crippen LogP contribution < -0.4 is 21.3 Å². The molecule has 14 heteroatoms. The van der Waals surface area contributed by atoms with E-state index in [4.69, 9.17) is 28.9 Å². The Kier molecular flexibility index (Phi) is 8.84. The third kappa shape index (κ3) is 6.15. The quantitative estimate of drug-likeness (QED) is 0.270. The maximum absolute atomic E-state index is 13.3. The number of ketones is 1. The predicted molar refractivity (Wildman–Crippen MR) is 164 cm³/mol. The molecule has 1 aliphatic carbocycles. The van der Waals surface area contributed by atoms with Gasteiger partial charge in [0, 0.05) is 36.0 Å². The molecule has 0 fully saturated rings. The topological polar surface area (TPSA) is 154 Å². The Labute approximate surface area is 259 Å². The van der Waals surface area contributed by atoms with Gasteiger partial charge in [-0.15, -0.1) is 10.2 Å². The summed E-state index contributed by atoms with van der Waals surface area (Å²) in [6.07, 6.45) is 1.54. The number of thioether (sulfide) groups is 1. The minimum absolute atomic E-state index is 0.0709. The number of hydrogen-bond donors (Lipinski definition) is 3. The van der Waals surface area contributed by atoms with Crippen LogP contribution in [0.4, 0.5) is 16.5 Å². The van der Waals surface area contributed by atoms with Crippen molar-refractivity contribution in [2.24, 2.45) is 5.73 Å². The summed E-state index contributed by atoms with van der Waals surface area (Å²) >= 11 is 14.8. The van der Waals surface area contributed by atoms with Crippen molar-refractivity contribution in [1.82, 2.24) is 10.2 Å². The van der Waals surface area contributed by atoms with Crippen LogP contribution in [0.25, 0.3) is 0 Å². The van der Waals surface area contributed by atoms with Crippen LogP contribution in [0.15, 0.2) is 69.5 Å². The van der Waals surface area contributed by atoms with E-state index >= 15 is 0 Å². The van der Waals surface area contributed by atoms with Crippen molar-refractivity contribution in [3.8, 4) is 6.07 Å². The Hall–Kier alpha value is -3.89. The number of halogens is 2. The van der Waals surface area contributed by atoms with Crippen LogP contribution in [-0.2, 0) is 14.4 Å². The molecule has 0 saturated heterocycles. The first-order valence-electron chi connectivity index (χ1n) is 12.7. The molecule has 10 nitrogen and oxygen atoms in total. The predicted octanol–water partition coefficient (Wildman–Crippen LogP) is 5.84. The minimum atomic E-state index is -0.679. The Balaban J connectivity index is 1.36. The highest BCUT2D eigenvalue weighted by atomic mass is 35.5. The highest BCUT2D eigenvalue weighted by Crippen LogP contribution is 2.47. The van der Waals surface area contributed by atoms with Gasteiger partial charge >= 0.3 is 0 Å². The van der Waals surface area contributed by atoms with Crippen LogP contribution >= 0.6 is 46.3 Å². The highest BCUT2D eigenvalue weighted by molar-refractivity contribution is 8.01. The molecule has 2 aromatic carbocycles. The molecule has 0 bridgehead atoms. The fourth-order valence-electron chi connectivity index (χ4n) is 4.85. The average Bonchev–Trinajstić information content (AvgIpc) is 3.42. The van der Waals surface area contributed by atoms with E-state index in [0.717, 1.165) is 0 Å². The van der Waals surface area contributed by atoms with Crippen LogP contribution in [0.2, 0.25) is 10.0 Å². The number of carbonyl (C=O) groups is 3. The fraction of sp³-hybridized carbons (Fsp3) is 0.214. The van der Waals surface area contributed by atoms with Crippen molar-refractivity contribution in [2.45, 2.75) is 36.4 Å². The SMILES string of the molecule is CC(=O)Nc1ccc(NC(=O)CSc2nnc(N3C(N)=C(C#N)C(c4ccc(Cl)c(Cl)c4)C4=C3CCCC4=O)s2)cc1. The lowest BCUT2D eigenvalue weighted by molar-refractivity contribution is -0.116. The molecular weight excluding hydrogens is 617 g/mol. The number of hydrogen-bond acceptors (Lipinski definition) is 10. The molecule has 5 rings (SSSR count). The van der Waals surface area contributed by atoms with E-state index in [1.807, 2.05) is 0 Å². The second-order valence-corrected chi connectivity index (χ2v) is 12.4. The highest BCUT2D eigenvalue weighted by Gasteiger charge is 2.41.